The second-order valence-corrected chi connectivity index (χ2v) is 4.10. The molecule has 92 valence electrons. The van der Waals surface area contributed by atoms with E-state index in [2.05, 4.69) is 31.5 Å². The quantitative estimate of drug-likeness (QED) is 0.485. The summed E-state index contributed by atoms with van der Waals surface area (Å²) in [5, 5.41) is 16.1. The van der Waals surface area contributed by atoms with Crippen LogP contribution < -0.4 is 10.6 Å². The molecule has 0 bridgehead atoms. The average Bonchev–Trinajstić information content (AvgIpc) is 2.25. The Bertz CT molecular complexity index is 438. The first kappa shape index (κ1) is 13.4. The Kier molecular flexibility index (Phi) is 4.83. The fourth-order valence-corrected chi connectivity index (χ4v) is 1.44. The van der Waals surface area contributed by atoms with Crippen LogP contribution in [0.3, 0.4) is 0 Å². The minimum absolute atomic E-state index is 0.109. The number of aromatic nitrogens is 1. The van der Waals surface area contributed by atoms with Crippen LogP contribution in [0.15, 0.2) is 16.7 Å². The molecule has 1 amide bonds. The molecule has 0 saturated carbocycles. The summed E-state index contributed by atoms with van der Waals surface area (Å²) in [5.41, 5.74) is -0.109. The lowest BCUT2D eigenvalue weighted by Crippen LogP contribution is -2.26. The molecule has 0 aromatic carbocycles. The highest BCUT2D eigenvalue weighted by molar-refractivity contribution is 9.10. The van der Waals surface area contributed by atoms with Crippen molar-refractivity contribution in [3.63, 3.8) is 0 Å². The van der Waals surface area contributed by atoms with Crippen molar-refractivity contribution in [1.29, 1.82) is 0 Å². The van der Waals surface area contributed by atoms with Crippen LogP contribution in [0.4, 0.5) is 11.5 Å². The predicted molar refractivity (Wildman–Crippen MR) is 65.8 cm³/mol. The molecule has 0 fully saturated rings. The number of hydrogen-bond acceptors (Lipinski definition) is 5. The number of hydrogen-bond donors (Lipinski definition) is 2. The van der Waals surface area contributed by atoms with E-state index in [9.17, 15) is 14.9 Å². The fraction of sp³-hybridized carbons (Fsp3) is 0.333. The first-order valence-corrected chi connectivity index (χ1v) is 5.58. The largest absolute Gasteiger partial charge is 0.363 e. The predicted octanol–water partition coefficient (Wildman–Crippen LogP) is 1.30. The maximum Gasteiger partial charge on any atom is 0.312 e. The number of halogens is 1. The van der Waals surface area contributed by atoms with Gasteiger partial charge in [-0.3, -0.25) is 14.9 Å². The summed E-state index contributed by atoms with van der Waals surface area (Å²) in [6.07, 6.45) is 1.47. The lowest BCUT2D eigenvalue weighted by Gasteiger charge is -2.06. The van der Waals surface area contributed by atoms with E-state index in [0.717, 1.165) is 0 Å². The zero-order valence-corrected chi connectivity index (χ0v) is 10.7. The number of carbonyl (C=O) groups excluding carboxylic acids is 1. The van der Waals surface area contributed by atoms with Crippen molar-refractivity contribution < 1.29 is 9.72 Å². The van der Waals surface area contributed by atoms with Crippen molar-refractivity contribution in [1.82, 2.24) is 10.3 Å². The summed E-state index contributed by atoms with van der Waals surface area (Å²) in [6.45, 7) is 2.15. The van der Waals surface area contributed by atoms with Gasteiger partial charge < -0.3 is 10.6 Å². The second kappa shape index (κ2) is 6.14. The van der Waals surface area contributed by atoms with Crippen LogP contribution in [0.1, 0.15) is 6.92 Å². The fourth-order valence-electron chi connectivity index (χ4n) is 1.12. The Labute approximate surface area is 106 Å². The van der Waals surface area contributed by atoms with Gasteiger partial charge in [0.15, 0.2) is 0 Å². The SMILES string of the molecule is CC(=O)NCCNc1ncc(Br)cc1[N+](=O)[O-]. The molecule has 1 rings (SSSR count). The molecular formula is C9H11BrN4O3. The third kappa shape index (κ3) is 4.35. The minimum Gasteiger partial charge on any atom is -0.363 e. The maximum absolute atomic E-state index is 10.7. The average molecular weight is 303 g/mol. The topological polar surface area (TPSA) is 97.2 Å². The summed E-state index contributed by atoms with van der Waals surface area (Å²) in [5.74, 6) is 0.0358. The lowest BCUT2D eigenvalue weighted by atomic mass is 10.4. The van der Waals surface area contributed by atoms with Gasteiger partial charge in [-0.1, -0.05) is 0 Å². The Hall–Kier alpha value is -1.70. The molecule has 17 heavy (non-hydrogen) atoms. The Morgan fingerprint density at radius 1 is 1.59 bits per heavy atom. The van der Waals surface area contributed by atoms with Gasteiger partial charge in [0.2, 0.25) is 11.7 Å². The van der Waals surface area contributed by atoms with Crippen molar-refractivity contribution in [2.75, 3.05) is 18.4 Å². The highest BCUT2D eigenvalue weighted by atomic mass is 79.9. The van der Waals surface area contributed by atoms with Crippen LogP contribution in [-0.4, -0.2) is 28.9 Å². The number of rotatable bonds is 5. The molecule has 0 saturated heterocycles. The number of carbonyl (C=O) groups is 1. The van der Waals surface area contributed by atoms with Crippen LogP contribution in [0.5, 0.6) is 0 Å². The van der Waals surface area contributed by atoms with E-state index in [4.69, 9.17) is 0 Å². The van der Waals surface area contributed by atoms with E-state index in [0.29, 0.717) is 17.6 Å². The monoisotopic (exact) mass is 302 g/mol. The first-order chi connectivity index (χ1) is 8.00. The van der Waals surface area contributed by atoms with Crippen LogP contribution in [-0.2, 0) is 4.79 Å². The summed E-state index contributed by atoms with van der Waals surface area (Å²) in [4.78, 5) is 24.7. The lowest BCUT2D eigenvalue weighted by molar-refractivity contribution is -0.384. The standard InChI is InChI=1S/C9H11BrN4O3/c1-6(15)11-2-3-12-9-8(14(16)17)4-7(10)5-13-9/h4-5H,2-3H2,1H3,(H,11,15)(H,12,13). The van der Waals surface area contributed by atoms with Gasteiger partial charge in [0.05, 0.1) is 4.92 Å². The second-order valence-electron chi connectivity index (χ2n) is 3.19. The Balaban J connectivity index is 2.64. The van der Waals surface area contributed by atoms with Crippen LogP contribution in [0.2, 0.25) is 0 Å². The number of pyridine rings is 1. The number of nitrogens with one attached hydrogen (secondary N) is 2. The van der Waals surface area contributed by atoms with Gasteiger partial charge in [-0.15, -0.1) is 0 Å². The van der Waals surface area contributed by atoms with E-state index in [1.54, 1.807) is 0 Å². The number of nitrogens with zero attached hydrogens (tertiary/aromatic N) is 2. The van der Waals surface area contributed by atoms with Crippen LogP contribution in [0, 0.1) is 10.1 Å². The van der Waals surface area contributed by atoms with Gasteiger partial charge in [-0.05, 0) is 15.9 Å². The number of amides is 1. The highest BCUT2D eigenvalue weighted by Crippen LogP contribution is 2.24. The summed E-state index contributed by atoms with van der Waals surface area (Å²) in [6, 6.07) is 1.37. The molecule has 2 N–H and O–H groups in total. The smallest absolute Gasteiger partial charge is 0.312 e. The molecule has 0 radical (unpaired) electrons. The summed E-state index contributed by atoms with van der Waals surface area (Å²) >= 11 is 3.11. The van der Waals surface area contributed by atoms with E-state index in [1.807, 2.05) is 0 Å². The molecule has 0 aliphatic heterocycles. The molecule has 0 atom stereocenters. The molecule has 1 aromatic rings. The maximum atomic E-state index is 10.7. The Morgan fingerprint density at radius 2 is 2.29 bits per heavy atom. The zero-order valence-electron chi connectivity index (χ0n) is 9.07. The molecule has 1 aromatic heterocycles. The minimum atomic E-state index is -0.515. The van der Waals surface area contributed by atoms with Gasteiger partial charge in [-0.2, -0.15) is 0 Å². The Morgan fingerprint density at radius 3 is 2.88 bits per heavy atom. The molecule has 8 heteroatoms. The highest BCUT2D eigenvalue weighted by Gasteiger charge is 2.15. The van der Waals surface area contributed by atoms with Crippen LogP contribution >= 0.6 is 15.9 Å². The molecule has 0 unspecified atom stereocenters. The van der Waals surface area contributed by atoms with Gasteiger partial charge in [0, 0.05) is 36.7 Å². The van der Waals surface area contributed by atoms with E-state index in [-0.39, 0.29) is 17.4 Å². The summed E-state index contributed by atoms with van der Waals surface area (Å²) < 4.78 is 0.539. The van der Waals surface area contributed by atoms with Crippen molar-refractivity contribution in [2.24, 2.45) is 0 Å². The normalized spacial score (nSPS) is 9.76. The third-order valence-electron chi connectivity index (χ3n) is 1.82. The number of anilines is 1. The van der Waals surface area contributed by atoms with Gasteiger partial charge in [0.1, 0.15) is 0 Å². The molecule has 1 heterocycles. The molecule has 0 spiro atoms. The van der Waals surface area contributed by atoms with Crippen molar-refractivity contribution in [3.8, 4) is 0 Å². The van der Waals surface area contributed by atoms with Gasteiger partial charge >= 0.3 is 5.69 Å². The van der Waals surface area contributed by atoms with E-state index < -0.39 is 4.92 Å². The van der Waals surface area contributed by atoms with E-state index >= 15 is 0 Å². The third-order valence-corrected chi connectivity index (χ3v) is 2.26. The summed E-state index contributed by atoms with van der Waals surface area (Å²) in [7, 11) is 0. The van der Waals surface area contributed by atoms with E-state index in [1.165, 1.54) is 19.2 Å². The van der Waals surface area contributed by atoms with Crippen molar-refractivity contribution in [2.45, 2.75) is 6.92 Å². The zero-order chi connectivity index (χ0) is 12.8. The first-order valence-electron chi connectivity index (χ1n) is 4.79. The number of nitro groups is 1. The van der Waals surface area contributed by atoms with Crippen molar-refractivity contribution in [3.05, 3.63) is 26.9 Å². The molecule has 7 nitrogen and oxygen atoms in total. The van der Waals surface area contributed by atoms with Crippen LogP contribution in [0.25, 0.3) is 0 Å². The molecular weight excluding hydrogens is 292 g/mol. The molecule has 0 aliphatic rings. The van der Waals surface area contributed by atoms with Gasteiger partial charge in [0.25, 0.3) is 0 Å². The van der Waals surface area contributed by atoms with Gasteiger partial charge in [-0.25, -0.2) is 4.98 Å². The molecule has 0 aliphatic carbocycles. The van der Waals surface area contributed by atoms with Crippen molar-refractivity contribution >= 4 is 33.3 Å².